The third kappa shape index (κ3) is 2.50. The van der Waals surface area contributed by atoms with Crippen molar-refractivity contribution in [3.63, 3.8) is 0 Å². The quantitative estimate of drug-likeness (QED) is 0.746. The van der Waals surface area contributed by atoms with Crippen LogP contribution in [0.1, 0.15) is 26.5 Å². The number of hydrogen-bond donors (Lipinski definition) is 0. The Morgan fingerprint density at radius 2 is 2.40 bits per heavy atom. The average Bonchev–Trinajstić information content (AvgIpc) is 2.66. The lowest BCUT2D eigenvalue weighted by atomic mass is 9.90. The Labute approximate surface area is 92.2 Å². The van der Waals surface area contributed by atoms with Gasteiger partial charge in [0.1, 0.15) is 5.41 Å². The largest absolute Gasteiger partial charge is 0.465 e. The first-order valence-electron chi connectivity index (χ1n) is 4.54. The lowest BCUT2D eigenvalue weighted by Crippen LogP contribution is -2.31. The number of ether oxygens (including phenoxy) is 1. The van der Waals surface area contributed by atoms with Gasteiger partial charge in [0.15, 0.2) is 12.3 Å². The predicted molar refractivity (Wildman–Crippen MR) is 56.0 cm³/mol. The molecule has 0 fully saturated rings. The van der Waals surface area contributed by atoms with Gasteiger partial charge < -0.3 is 4.74 Å². The molecule has 0 aliphatic heterocycles. The zero-order valence-corrected chi connectivity index (χ0v) is 9.68. The Morgan fingerprint density at radius 1 is 1.73 bits per heavy atom. The molecule has 84 valence electrons. The maximum Gasteiger partial charge on any atom is 0.317 e. The average molecular weight is 232 g/mol. The molecule has 0 bridgehead atoms. The summed E-state index contributed by atoms with van der Waals surface area (Å²) in [5.74, 6) is -0.362. The highest BCUT2D eigenvalue weighted by Gasteiger charge is 2.33. The Morgan fingerprint density at radius 3 is 2.87 bits per heavy atom. The van der Waals surface area contributed by atoms with Gasteiger partial charge in [-0.2, -0.15) is 9.19 Å². The fourth-order valence-corrected chi connectivity index (χ4v) is 1.32. The third-order valence-corrected chi connectivity index (χ3v) is 2.41. The lowest BCUT2D eigenvalue weighted by molar-refractivity contribution is -0.148. The molecule has 1 aromatic rings. The maximum absolute atomic E-state index is 12.2. The Bertz CT molecular complexity index is 352. The van der Waals surface area contributed by atoms with E-state index >= 15 is 0 Å². The molecule has 0 aromatic carbocycles. The summed E-state index contributed by atoms with van der Waals surface area (Å²) in [6.45, 7) is 5.45. The number of nitrogens with zero attached hydrogens (tertiary/aromatic N) is 2. The van der Waals surface area contributed by atoms with E-state index in [0.29, 0.717) is 12.3 Å². The number of rotatable bonds is 4. The van der Waals surface area contributed by atoms with Gasteiger partial charge in [-0.3, -0.25) is 4.79 Å². The number of aromatic nitrogens is 2. The number of hydrogen-bond acceptors (Lipinski definition) is 4. The molecule has 6 heteroatoms. The molecule has 4 nitrogen and oxygen atoms in total. The molecular weight excluding hydrogens is 219 g/mol. The summed E-state index contributed by atoms with van der Waals surface area (Å²) < 4.78 is 18.1. The number of halogens is 1. The van der Waals surface area contributed by atoms with Crippen LogP contribution in [0.3, 0.4) is 0 Å². The zero-order chi connectivity index (χ0) is 11.5. The summed E-state index contributed by atoms with van der Waals surface area (Å²) in [6.07, 6.45) is 1.46. The number of carbonyl (C=O) groups is 1. The summed E-state index contributed by atoms with van der Waals surface area (Å²) >= 11 is -0.0157. The van der Waals surface area contributed by atoms with Crippen molar-refractivity contribution in [2.24, 2.45) is 0 Å². The first kappa shape index (κ1) is 12.0. The molecule has 0 N–H and O–H groups in total. The van der Waals surface area contributed by atoms with E-state index in [1.165, 1.54) is 6.20 Å². The van der Waals surface area contributed by atoms with Crippen LogP contribution in [0.5, 0.6) is 0 Å². The Kier molecular flexibility index (Phi) is 3.73. The first-order chi connectivity index (χ1) is 7.02. The van der Waals surface area contributed by atoms with Crippen LogP contribution in [-0.4, -0.2) is 21.8 Å². The molecule has 15 heavy (non-hydrogen) atoms. The van der Waals surface area contributed by atoms with E-state index in [1.807, 2.05) is 0 Å². The second-order valence-electron chi connectivity index (χ2n) is 3.52. The third-order valence-electron chi connectivity index (χ3n) is 2.06. The summed E-state index contributed by atoms with van der Waals surface area (Å²) in [6, 6.07) is 1.60. The Hall–Kier alpha value is -1.04. The second kappa shape index (κ2) is 4.65. The van der Waals surface area contributed by atoms with Crippen molar-refractivity contribution in [3.05, 3.63) is 18.0 Å². The van der Waals surface area contributed by atoms with Gasteiger partial charge in [-0.15, -0.1) is 3.89 Å². The molecule has 0 radical (unpaired) electrons. The van der Waals surface area contributed by atoms with Crippen molar-refractivity contribution in [2.75, 3.05) is 6.61 Å². The van der Waals surface area contributed by atoms with Crippen molar-refractivity contribution >= 4 is 18.3 Å². The normalized spacial score (nSPS) is 11.5. The molecule has 0 spiro atoms. The minimum atomic E-state index is -0.850. The van der Waals surface area contributed by atoms with Gasteiger partial charge in [-0.05, 0) is 26.8 Å². The van der Waals surface area contributed by atoms with E-state index in [0.717, 1.165) is 4.09 Å². The molecule has 0 saturated carbocycles. The fraction of sp³-hybridized carbons (Fsp3) is 0.556. The van der Waals surface area contributed by atoms with Crippen molar-refractivity contribution in [1.82, 2.24) is 9.19 Å². The monoisotopic (exact) mass is 232 g/mol. The number of esters is 1. The summed E-state index contributed by atoms with van der Waals surface area (Å²) in [5.41, 5.74) is -0.358. The molecule has 0 saturated heterocycles. The van der Waals surface area contributed by atoms with E-state index in [1.54, 1.807) is 26.8 Å². The van der Waals surface area contributed by atoms with Gasteiger partial charge >= 0.3 is 5.97 Å². The molecule has 0 aliphatic rings. The minimum Gasteiger partial charge on any atom is -0.465 e. The van der Waals surface area contributed by atoms with Crippen LogP contribution >= 0.6 is 12.3 Å². The molecule has 1 aromatic heterocycles. The van der Waals surface area contributed by atoms with E-state index < -0.39 is 5.41 Å². The van der Waals surface area contributed by atoms with Crippen LogP contribution in [0, 0.1) is 0 Å². The second-order valence-corrected chi connectivity index (χ2v) is 4.03. The van der Waals surface area contributed by atoms with Crippen LogP contribution in [0.15, 0.2) is 12.3 Å². The highest BCUT2D eigenvalue weighted by Crippen LogP contribution is 2.24. The zero-order valence-electron chi connectivity index (χ0n) is 8.86. The predicted octanol–water partition coefficient (Wildman–Crippen LogP) is 2.10. The molecule has 0 amide bonds. The summed E-state index contributed by atoms with van der Waals surface area (Å²) in [4.78, 5) is 11.6. The van der Waals surface area contributed by atoms with Crippen LogP contribution in [-0.2, 0) is 14.9 Å². The van der Waals surface area contributed by atoms with Gasteiger partial charge in [0.2, 0.25) is 0 Å². The van der Waals surface area contributed by atoms with Crippen molar-refractivity contribution in [2.45, 2.75) is 26.2 Å². The van der Waals surface area contributed by atoms with Crippen LogP contribution < -0.4 is 0 Å². The van der Waals surface area contributed by atoms with Crippen LogP contribution in [0.2, 0.25) is 0 Å². The maximum atomic E-state index is 12.2. The molecular formula is C9H13FN2O2S. The smallest absolute Gasteiger partial charge is 0.317 e. The van der Waals surface area contributed by atoms with Crippen LogP contribution in [0.25, 0.3) is 0 Å². The molecule has 0 unspecified atom stereocenters. The van der Waals surface area contributed by atoms with Gasteiger partial charge in [0.25, 0.3) is 0 Å². The van der Waals surface area contributed by atoms with E-state index in [2.05, 4.69) is 5.10 Å². The minimum absolute atomic E-state index is 0.0157. The fourth-order valence-electron chi connectivity index (χ4n) is 1.10. The topological polar surface area (TPSA) is 44.1 Å². The van der Waals surface area contributed by atoms with Gasteiger partial charge in [-0.1, -0.05) is 0 Å². The first-order valence-corrected chi connectivity index (χ1v) is 5.22. The van der Waals surface area contributed by atoms with E-state index in [-0.39, 0.29) is 18.3 Å². The molecule has 0 atom stereocenters. The molecule has 1 rings (SSSR count). The van der Waals surface area contributed by atoms with Crippen molar-refractivity contribution < 1.29 is 13.4 Å². The standard InChI is InChI=1S/C9H13FN2O2S/c1-4-14-8(13)9(2,3)7-5-6-12(11-7)15-10/h5-6H,4H2,1-3H3. The molecule has 1 heterocycles. The Balaban J connectivity index is 2.89. The number of carbonyl (C=O) groups excluding carboxylic acids is 1. The van der Waals surface area contributed by atoms with Crippen molar-refractivity contribution in [1.29, 1.82) is 0 Å². The highest BCUT2D eigenvalue weighted by molar-refractivity contribution is 7.92. The van der Waals surface area contributed by atoms with E-state index in [4.69, 9.17) is 4.74 Å². The van der Waals surface area contributed by atoms with Gasteiger partial charge in [0, 0.05) is 6.20 Å². The SMILES string of the molecule is CCOC(=O)C(C)(C)c1ccn(SF)n1. The summed E-state index contributed by atoms with van der Waals surface area (Å²) in [5, 5.41) is 3.91. The lowest BCUT2D eigenvalue weighted by Gasteiger charge is -2.19. The van der Waals surface area contributed by atoms with Crippen LogP contribution in [0.4, 0.5) is 3.89 Å². The van der Waals surface area contributed by atoms with Gasteiger partial charge in [-0.25, -0.2) is 0 Å². The molecule has 0 aliphatic carbocycles. The highest BCUT2D eigenvalue weighted by atomic mass is 32.2. The van der Waals surface area contributed by atoms with E-state index in [9.17, 15) is 8.68 Å². The van der Waals surface area contributed by atoms with Gasteiger partial charge in [0.05, 0.1) is 12.3 Å². The van der Waals surface area contributed by atoms with Crippen molar-refractivity contribution in [3.8, 4) is 0 Å². The summed E-state index contributed by atoms with van der Waals surface area (Å²) in [7, 11) is 0.